The van der Waals surface area contributed by atoms with Crippen molar-refractivity contribution in [3.63, 3.8) is 0 Å². The van der Waals surface area contributed by atoms with Crippen LogP contribution in [0.4, 0.5) is 4.39 Å². The average molecular weight is 325 g/mol. The molecule has 2 heterocycles. The number of methoxy groups -OCH3 is 1. The Balaban J connectivity index is 2.18. The Bertz CT molecular complexity index is 869. The summed E-state index contributed by atoms with van der Waals surface area (Å²) in [4.78, 5) is 11.5. The molecule has 5 nitrogen and oxygen atoms in total. The van der Waals surface area contributed by atoms with Gasteiger partial charge in [-0.3, -0.25) is 4.79 Å². The second-order valence-electron chi connectivity index (χ2n) is 5.60. The van der Waals surface area contributed by atoms with Crippen molar-refractivity contribution in [1.29, 1.82) is 0 Å². The first-order chi connectivity index (χ1) is 10.3. The molecule has 1 aliphatic rings. The second-order valence-corrected chi connectivity index (χ2v) is 7.58. The molecule has 0 saturated heterocycles. The van der Waals surface area contributed by atoms with E-state index in [4.69, 9.17) is 4.74 Å². The molecule has 1 aromatic carbocycles. The van der Waals surface area contributed by atoms with Crippen LogP contribution in [0.25, 0.3) is 10.9 Å². The summed E-state index contributed by atoms with van der Waals surface area (Å²) < 4.78 is 44.1. The molecule has 1 atom stereocenters. The van der Waals surface area contributed by atoms with E-state index in [-0.39, 0.29) is 23.2 Å². The van der Waals surface area contributed by atoms with Gasteiger partial charge in [-0.05, 0) is 24.6 Å². The van der Waals surface area contributed by atoms with E-state index in [9.17, 15) is 17.6 Å². The highest BCUT2D eigenvalue weighted by atomic mass is 32.2. The van der Waals surface area contributed by atoms with Crippen LogP contribution < -0.4 is 0 Å². The molecule has 0 radical (unpaired) electrons. The predicted molar refractivity (Wildman–Crippen MR) is 79.0 cm³/mol. The summed E-state index contributed by atoms with van der Waals surface area (Å²) in [6.45, 7) is 0.632. The number of carbonyl (C=O) groups excluding carboxylic acids is 1. The van der Waals surface area contributed by atoms with Crippen LogP contribution in [-0.4, -0.2) is 32.3 Å². The minimum Gasteiger partial charge on any atom is -0.469 e. The molecule has 0 saturated carbocycles. The quantitative estimate of drug-likeness (QED) is 0.812. The number of nitrogens with zero attached hydrogens (tertiary/aromatic N) is 1. The van der Waals surface area contributed by atoms with Crippen molar-refractivity contribution in [2.24, 2.45) is 0 Å². The highest BCUT2D eigenvalue weighted by Gasteiger charge is 2.29. The lowest BCUT2D eigenvalue weighted by atomic mass is 10.0. The molecule has 0 amide bonds. The first kappa shape index (κ1) is 15.0. The van der Waals surface area contributed by atoms with Crippen LogP contribution in [0.15, 0.2) is 23.1 Å². The summed E-state index contributed by atoms with van der Waals surface area (Å²) >= 11 is 0. The standard InChI is InChI=1S/C15H16FNO4S/c1-21-15(18)5-9-3-4-17-12(9)8-11-13(17)6-10(16)7-14(11)22(2,19)20/h6-9H,3-5H2,1-2H3. The van der Waals surface area contributed by atoms with Gasteiger partial charge in [-0.15, -0.1) is 0 Å². The van der Waals surface area contributed by atoms with Crippen molar-refractivity contribution in [2.45, 2.75) is 30.2 Å². The number of aryl methyl sites for hydroxylation is 1. The number of carbonyl (C=O) groups is 1. The molecule has 1 aliphatic heterocycles. The third kappa shape index (κ3) is 2.39. The van der Waals surface area contributed by atoms with Crippen molar-refractivity contribution in [1.82, 2.24) is 4.57 Å². The van der Waals surface area contributed by atoms with E-state index >= 15 is 0 Å². The number of fused-ring (bicyclic) bond motifs is 3. The molecule has 22 heavy (non-hydrogen) atoms. The zero-order valence-corrected chi connectivity index (χ0v) is 13.1. The molecule has 3 rings (SSSR count). The van der Waals surface area contributed by atoms with E-state index < -0.39 is 15.7 Å². The highest BCUT2D eigenvalue weighted by Crippen LogP contribution is 2.38. The number of sulfone groups is 1. The summed E-state index contributed by atoms with van der Waals surface area (Å²) in [6, 6.07) is 4.14. The van der Waals surface area contributed by atoms with E-state index in [0.717, 1.165) is 24.4 Å². The largest absolute Gasteiger partial charge is 0.469 e. The van der Waals surface area contributed by atoms with Gasteiger partial charge in [0, 0.05) is 29.8 Å². The van der Waals surface area contributed by atoms with Crippen molar-refractivity contribution in [3.05, 3.63) is 29.7 Å². The van der Waals surface area contributed by atoms with E-state index in [1.807, 2.05) is 4.57 Å². The molecule has 1 aromatic heterocycles. The molecule has 0 fully saturated rings. The molecule has 0 N–H and O–H groups in total. The van der Waals surface area contributed by atoms with Crippen LogP contribution in [0.2, 0.25) is 0 Å². The van der Waals surface area contributed by atoms with Gasteiger partial charge in [0.1, 0.15) is 5.82 Å². The third-order valence-corrected chi connectivity index (χ3v) is 5.28. The van der Waals surface area contributed by atoms with Crippen LogP contribution in [0.5, 0.6) is 0 Å². The van der Waals surface area contributed by atoms with Crippen molar-refractivity contribution in [2.75, 3.05) is 13.4 Å². The van der Waals surface area contributed by atoms with Gasteiger partial charge in [0.05, 0.1) is 23.9 Å². The van der Waals surface area contributed by atoms with Gasteiger partial charge in [-0.25, -0.2) is 12.8 Å². The number of esters is 1. The lowest BCUT2D eigenvalue weighted by molar-refractivity contribution is -0.141. The zero-order valence-electron chi connectivity index (χ0n) is 12.3. The van der Waals surface area contributed by atoms with Gasteiger partial charge >= 0.3 is 5.97 Å². The average Bonchev–Trinajstić information content (AvgIpc) is 2.97. The maximum Gasteiger partial charge on any atom is 0.306 e. The second kappa shape index (κ2) is 5.08. The number of aromatic nitrogens is 1. The van der Waals surface area contributed by atoms with Gasteiger partial charge < -0.3 is 9.30 Å². The van der Waals surface area contributed by atoms with Crippen LogP contribution in [0.3, 0.4) is 0 Å². The first-order valence-electron chi connectivity index (χ1n) is 6.91. The van der Waals surface area contributed by atoms with Crippen molar-refractivity contribution < 1.29 is 22.3 Å². The monoisotopic (exact) mass is 325 g/mol. The number of ether oxygens (including phenoxy) is 1. The molecule has 0 bridgehead atoms. The van der Waals surface area contributed by atoms with Crippen molar-refractivity contribution in [3.8, 4) is 0 Å². The van der Waals surface area contributed by atoms with E-state index in [2.05, 4.69) is 0 Å². The molecule has 118 valence electrons. The maximum absolute atomic E-state index is 13.8. The Kier molecular flexibility index (Phi) is 3.47. The highest BCUT2D eigenvalue weighted by molar-refractivity contribution is 7.91. The Morgan fingerprint density at radius 2 is 2.14 bits per heavy atom. The van der Waals surface area contributed by atoms with Gasteiger partial charge in [0.2, 0.25) is 0 Å². The van der Waals surface area contributed by atoms with Gasteiger partial charge in [0.15, 0.2) is 9.84 Å². The summed E-state index contributed by atoms with van der Waals surface area (Å²) in [5, 5.41) is 0.508. The molecule has 1 unspecified atom stereocenters. The summed E-state index contributed by atoms with van der Waals surface area (Å²) in [5.41, 5.74) is 1.42. The Hall–Kier alpha value is -1.89. The van der Waals surface area contributed by atoms with Gasteiger partial charge in [-0.1, -0.05) is 0 Å². The maximum atomic E-state index is 13.8. The van der Waals surface area contributed by atoms with E-state index in [1.165, 1.54) is 13.2 Å². The summed E-state index contributed by atoms with van der Waals surface area (Å²) in [6.07, 6.45) is 2.06. The number of rotatable bonds is 3. The zero-order chi connectivity index (χ0) is 16.1. The molecule has 0 aliphatic carbocycles. The minimum absolute atomic E-state index is 0.0128. The fraction of sp³-hybridized carbons (Fsp3) is 0.400. The number of hydrogen-bond donors (Lipinski definition) is 0. The first-order valence-corrected chi connectivity index (χ1v) is 8.80. The van der Waals surface area contributed by atoms with Gasteiger partial charge in [-0.2, -0.15) is 0 Å². The lowest BCUT2D eigenvalue weighted by Crippen LogP contribution is -2.06. The third-order valence-electron chi connectivity index (χ3n) is 4.14. The van der Waals surface area contributed by atoms with Crippen LogP contribution in [-0.2, 0) is 25.9 Å². The molecular formula is C15H16FNO4S. The lowest BCUT2D eigenvalue weighted by Gasteiger charge is -2.06. The smallest absolute Gasteiger partial charge is 0.306 e. The minimum atomic E-state index is -3.53. The van der Waals surface area contributed by atoms with E-state index in [1.54, 1.807) is 6.07 Å². The molecule has 7 heteroatoms. The van der Waals surface area contributed by atoms with Crippen LogP contribution >= 0.6 is 0 Å². The predicted octanol–water partition coefficient (Wildman–Crippen LogP) is 2.23. The Morgan fingerprint density at radius 3 is 2.77 bits per heavy atom. The number of hydrogen-bond acceptors (Lipinski definition) is 4. The SMILES string of the molecule is COC(=O)CC1CCn2c1cc1c(S(C)(=O)=O)cc(F)cc12. The van der Waals surface area contributed by atoms with Gasteiger partial charge in [0.25, 0.3) is 0 Å². The Morgan fingerprint density at radius 1 is 1.41 bits per heavy atom. The topological polar surface area (TPSA) is 65.4 Å². The normalized spacial score (nSPS) is 17.7. The summed E-state index contributed by atoms with van der Waals surface area (Å²) in [7, 11) is -2.19. The Labute approximate surface area is 127 Å². The van der Waals surface area contributed by atoms with Crippen LogP contribution in [0.1, 0.15) is 24.5 Å². The summed E-state index contributed by atoms with van der Waals surface area (Å²) in [5.74, 6) is -0.918. The molecular weight excluding hydrogens is 309 g/mol. The molecule has 2 aromatic rings. The van der Waals surface area contributed by atoms with Crippen molar-refractivity contribution >= 4 is 26.7 Å². The fourth-order valence-electron chi connectivity index (χ4n) is 3.13. The van der Waals surface area contributed by atoms with Crippen LogP contribution in [0, 0.1) is 5.82 Å². The van der Waals surface area contributed by atoms with E-state index in [0.29, 0.717) is 17.4 Å². The fourth-order valence-corrected chi connectivity index (χ4v) is 4.02. The molecule has 0 spiro atoms. The number of halogens is 1. The number of benzene rings is 1.